The second-order valence-corrected chi connectivity index (χ2v) is 5.90. The van der Waals surface area contributed by atoms with Crippen LogP contribution in [-0.4, -0.2) is 43.5 Å². The van der Waals surface area contributed by atoms with Crippen LogP contribution in [0.15, 0.2) is 24.3 Å². The van der Waals surface area contributed by atoms with Gasteiger partial charge in [0.1, 0.15) is 0 Å². The van der Waals surface area contributed by atoms with E-state index in [0.29, 0.717) is 6.04 Å². The zero-order chi connectivity index (χ0) is 14.5. The molecule has 4 heteroatoms. The van der Waals surface area contributed by atoms with Gasteiger partial charge in [-0.1, -0.05) is 18.2 Å². The minimum Gasteiger partial charge on any atom is -0.324 e. The zero-order valence-electron chi connectivity index (χ0n) is 12.6. The van der Waals surface area contributed by atoms with Crippen molar-refractivity contribution in [1.29, 1.82) is 0 Å². The molecule has 2 N–H and O–H groups in total. The summed E-state index contributed by atoms with van der Waals surface area (Å²) in [6.45, 7) is 3.18. The molecule has 4 nitrogen and oxygen atoms in total. The van der Waals surface area contributed by atoms with Gasteiger partial charge >= 0.3 is 0 Å². The van der Waals surface area contributed by atoms with Crippen LogP contribution < -0.4 is 10.6 Å². The molecule has 110 valence electrons. The first-order valence-corrected chi connectivity index (χ1v) is 7.36. The highest BCUT2D eigenvalue weighted by Gasteiger charge is 2.24. The first kappa shape index (κ1) is 15.0. The minimum atomic E-state index is -0.0976. The third kappa shape index (κ3) is 4.05. The highest BCUT2D eigenvalue weighted by atomic mass is 16.2. The van der Waals surface area contributed by atoms with E-state index in [1.807, 2.05) is 18.2 Å². The summed E-state index contributed by atoms with van der Waals surface area (Å²) in [5.74, 6) is 0.0895. The average molecular weight is 275 g/mol. The van der Waals surface area contributed by atoms with E-state index in [4.69, 9.17) is 0 Å². The van der Waals surface area contributed by atoms with Crippen molar-refractivity contribution in [3.63, 3.8) is 0 Å². The SMILES string of the molecule is CC(CCN(C)C)NC1CCc2ccccc2NC1=O. The number of anilines is 1. The molecule has 2 unspecified atom stereocenters. The van der Waals surface area contributed by atoms with Crippen molar-refractivity contribution in [2.45, 2.75) is 38.3 Å². The van der Waals surface area contributed by atoms with Gasteiger partial charge < -0.3 is 15.5 Å². The van der Waals surface area contributed by atoms with Crippen LogP contribution in [0.25, 0.3) is 0 Å². The summed E-state index contributed by atoms with van der Waals surface area (Å²) in [7, 11) is 4.14. The zero-order valence-corrected chi connectivity index (χ0v) is 12.6. The van der Waals surface area contributed by atoms with E-state index in [1.54, 1.807) is 0 Å². The van der Waals surface area contributed by atoms with E-state index in [9.17, 15) is 4.79 Å². The van der Waals surface area contributed by atoms with E-state index in [1.165, 1.54) is 5.56 Å². The Morgan fingerprint density at radius 3 is 2.90 bits per heavy atom. The van der Waals surface area contributed by atoms with E-state index < -0.39 is 0 Å². The molecule has 2 rings (SSSR count). The highest BCUT2D eigenvalue weighted by molar-refractivity contribution is 5.96. The lowest BCUT2D eigenvalue weighted by molar-refractivity contribution is -0.118. The Balaban J connectivity index is 1.93. The van der Waals surface area contributed by atoms with Crippen LogP contribution in [0.5, 0.6) is 0 Å². The van der Waals surface area contributed by atoms with Gasteiger partial charge in [0.05, 0.1) is 6.04 Å². The third-order valence-electron chi connectivity index (χ3n) is 3.79. The number of fused-ring (bicyclic) bond motifs is 1. The number of aryl methyl sites for hydroxylation is 1. The van der Waals surface area contributed by atoms with Gasteiger partial charge in [0, 0.05) is 11.7 Å². The molecular weight excluding hydrogens is 250 g/mol. The first-order valence-electron chi connectivity index (χ1n) is 7.36. The molecule has 1 amide bonds. The Kier molecular flexibility index (Phi) is 5.15. The summed E-state index contributed by atoms with van der Waals surface area (Å²) in [5, 5.41) is 6.49. The third-order valence-corrected chi connectivity index (χ3v) is 3.79. The van der Waals surface area contributed by atoms with Gasteiger partial charge in [-0.15, -0.1) is 0 Å². The molecule has 0 spiro atoms. The van der Waals surface area contributed by atoms with Gasteiger partial charge in [-0.25, -0.2) is 0 Å². The maximum atomic E-state index is 12.3. The van der Waals surface area contributed by atoms with Crippen molar-refractivity contribution in [3.05, 3.63) is 29.8 Å². The molecular formula is C16H25N3O. The summed E-state index contributed by atoms with van der Waals surface area (Å²) < 4.78 is 0. The van der Waals surface area contributed by atoms with Gasteiger partial charge in [-0.3, -0.25) is 4.79 Å². The van der Waals surface area contributed by atoms with Crippen molar-refractivity contribution in [2.75, 3.05) is 26.0 Å². The number of amides is 1. The summed E-state index contributed by atoms with van der Waals surface area (Å²) in [5.41, 5.74) is 2.19. The maximum Gasteiger partial charge on any atom is 0.241 e. The molecule has 0 aliphatic carbocycles. The maximum absolute atomic E-state index is 12.3. The number of hydrogen-bond acceptors (Lipinski definition) is 3. The monoisotopic (exact) mass is 275 g/mol. The molecule has 0 aromatic heterocycles. The predicted octanol–water partition coefficient (Wildman–Crippen LogP) is 1.87. The fourth-order valence-corrected chi connectivity index (χ4v) is 2.55. The number of carbonyl (C=O) groups excluding carboxylic acids is 1. The lowest BCUT2D eigenvalue weighted by Gasteiger charge is -2.22. The Bertz CT molecular complexity index is 459. The van der Waals surface area contributed by atoms with Crippen molar-refractivity contribution < 1.29 is 4.79 Å². The standard InChI is InChI=1S/C16H25N3O/c1-12(10-11-19(2)3)17-15-9-8-13-6-4-5-7-14(13)18-16(15)20/h4-7,12,15,17H,8-11H2,1-3H3,(H,18,20). The normalized spacial score (nSPS) is 20.2. The molecule has 1 aliphatic heterocycles. The molecule has 1 heterocycles. The molecule has 20 heavy (non-hydrogen) atoms. The number of carbonyl (C=O) groups is 1. The Morgan fingerprint density at radius 1 is 1.40 bits per heavy atom. The van der Waals surface area contributed by atoms with Crippen LogP contribution in [0.3, 0.4) is 0 Å². The van der Waals surface area contributed by atoms with Gasteiger partial charge in [-0.05, 0) is 58.5 Å². The summed E-state index contributed by atoms with van der Waals surface area (Å²) in [4.78, 5) is 14.4. The second kappa shape index (κ2) is 6.86. The fraction of sp³-hybridized carbons (Fsp3) is 0.562. The van der Waals surface area contributed by atoms with Crippen LogP contribution >= 0.6 is 0 Å². The van der Waals surface area contributed by atoms with Crippen LogP contribution in [0.2, 0.25) is 0 Å². The Labute approximate surface area is 121 Å². The molecule has 0 saturated carbocycles. The van der Waals surface area contributed by atoms with Gasteiger partial charge in [-0.2, -0.15) is 0 Å². The quantitative estimate of drug-likeness (QED) is 0.862. The van der Waals surface area contributed by atoms with Crippen LogP contribution in [-0.2, 0) is 11.2 Å². The molecule has 0 fully saturated rings. The largest absolute Gasteiger partial charge is 0.324 e. The lowest BCUT2D eigenvalue weighted by Crippen LogP contribution is -2.45. The molecule has 1 aliphatic rings. The van der Waals surface area contributed by atoms with E-state index >= 15 is 0 Å². The van der Waals surface area contributed by atoms with Gasteiger partial charge in [0.2, 0.25) is 5.91 Å². The minimum absolute atomic E-state index is 0.0895. The molecule has 1 aromatic carbocycles. The van der Waals surface area contributed by atoms with Gasteiger partial charge in [0.25, 0.3) is 0 Å². The van der Waals surface area contributed by atoms with Crippen LogP contribution in [0.4, 0.5) is 5.69 Å². The smallest absolute Gasteiger partial charge is 0.241 e. The van der Waals surface area contributed by atoms with E-state index in [2.05, 4.69) is 42.6 Å². The van der Waals surface area contributed by atoms with Crippen molar-refractivity contribution in [1.82, 2.24) is 10.2 Å². The number of para-hydroxylation sites is 1. The number of hydrogen-bond donors (Lipinski definition) is 2. The number of nitrogens with one attached hydrogen (secondary N) is 2. The fourth-order valence-electron chi connectivity index (χ4n) is 2.55. The molecule has 0 bridgehead atoms. The molecule has 2 atom stereocenters. The summed E-state index contributed by atoms with van der Waals surface area (Å²) in [6, 6.07) is 8.30. The number of rotatable bonds is 5. The first-order chi connectivity index (χ1) is 9.56. The second-order valence-electron chi connectivity index (χ2n) is 5.90. The molecule has 0 saturated heterocycles. The lowest BCUT2D eigenvalue weighted by atomic mass is 10.0. The highest BCUT2D eigenvalue weighted by Crippen LogP contribution is 2.21. The summed E-state index contributed by atoms with van der Waals surface area (Å²) in [6.07, 6.45) is 2.84. The van der Waals surface area contributed by atoms with Gasteiger partial charge in [0.15, 0.2) is 0 Å². The van der Waals surface area contributed by atoms with E-state index in [0.717, 1.165) is 31.5 Å². The number of benzene rings is 1. The number of nitrogens with zero attached hydrogens (tertiary/aromatic N) is 1. The van der Waals surface area contributed by atoms with Crippen LogP contribution in [0.1, 0.15) is 25.3 Å². The van der Waals surface area contributed by atoms with Crippen molar-refractivity contribution in [3.8, 4) is 0 Å². The molecule has 1 aromatic rings. The molecule has 0 radical (unpaired) electrons. The van der Waals surface area contributed by atoms with Crippen molar-refractivity contribution >= 4 is 11.6 Å². The van der Waals surface area contributed by atoms with Crippen LogP contribution in [0, 0.1) is 0 Å². The Morgan fingerprint density at radius 2 is 2.15 bits per heavy atom. The topological polar surface area (TPSA) is 44.4 Å². The van der Waals surface area contributed by atoms with Crippen molar-refractivity contribution in [2.24, 2.45) is 0 Å². The van der Waals surface area contributed by atoms with E-state index in [-0.39, 0.29) is 11.9 Å². The predicted molar refractivity (Wildman–Crippen MR) is 82.9 cm³/mol. The Hall–Kier alpha value is -1.39. The summed E-state index contributed by atoms with van der Waals surface area (Å²) >= 11 is 0. The average Bonchev–Trinajstić information content (AvgIpc) is 2.56.